The molecule has 0 aromatic carbocycles. The largest absolute Gasteiger partial charge is 0.427 e. The van der Waals surface area contributed by atoms with Gasteiger partial charge in [0.1, 0.15) is 29.9 Å². The number of hydrogen-bond donors (Lipinski definition) is 2. The summed E-state index contributed by atoms with van der Waals surface area (Å²) < 4.78 is 10.3. The normalized spacial score (nSPS) is 19.1. The molecular formula is C22H27N9O7S2. The second-order valence-corrected chi connectivity index (χ2v) is 11.6. The van der Waals surface area contributed by atoms with Gasteiger partial charge in [-0.25, -0.2) is 9.78 Å². The van der Waals surface area contributed by atoms with Gasteiger partial charge in [0.15, 0.2) is 16.7 Å². The van der Waals surface area contributed by atoms with E-state index in [1.807, 2.05) is 0 Å². The van der Waals surface area contributed by atoms with Gasteiger partial charge in [-0.15, -0.1) is 33.3 Å². The van der Waals surface area contributed by atoms with E-state index < -0.39 is 47.4 Å². The Labute approximate surface area is 236 Å². The van der Waals surface area contributed by atoms with Crippen LogP contribution in [0.3, 0.4) is 0 Å². The maximum absolute atomic E-state index is 13.3. The van der Waals surface area contributed by atoms with Crippen LogP contribution in [0.5, 0.6) is 0 Å². The number of carbonyl (C=O) groups excluding carboxylic acids is 4. The minimum absolute atomic E-state index is 0.0425. The zero-order chi connectivity index (χ0) is 29.2. The van der Waals surface area contributed by atoms with E-state index in [2.05, 4.69) is 30.9 Å². The van der Waals surface area contributed by atoms with Crippen LogP contribution in [0, 0.1) is 12.3 Å². The van der Waals surface area contributed by atoms with Crippen LogP contribution in [-0.4, -0.2) is 90.6 Å². The van der Waals surface area contributed by atoms with Crippen LogP contribution in [0.15, 0.2) is 21.8 Å². The lowest BCUT2D eigenvalue weighted by Crippen LogP contribution is -2.71. The molecule has 0 bridgehead atoms. The molecule has 214 valence electrons. The number of tetrazole rings is 1. The highest BCUT2D eigenvalue weighted by Gasteiger charge is 2.55. The van der Waals surface area contributed by atoms with Gasteiger partial charge in [0.2, 0.25) is 6.79 Å². The summed E-state index contributed by atoms with van der Waals surface area (Å²) in [6.45, 7) is 6.06. The molecule has 2 amide bonds. The van der Waals surface area contributed by atoms with Crippen molar-refractivity contribution < 1.29 is 33.5 Å². The number of nitrogen functional groups attached to an aromatic ring is 1. The summed E-state index contributed by atoms with van der Waals surface area (Å²) in [5, 5.41) is 19.4. The number of fused-ring (bicyclic) bond motifs is 1. The zero-order valence-electron chi connectivity index (χ0n) is 22.2. The van der Waals surface area contributed by atoms with Gasteiger partial charge in [0.25, 0.3) is 11.8 Å². The Morgan fingerprint density at radius 1 is 1.27 bits per heavy atom. The van der Waals surface area contributed by atoms with E-state index in [1.54, 1.807) is 27.7 Å². The molecule has 2 aromatic heterocycles. The van der Waals surface area contributed by atoms with Crippen LogP contribution in [-0.2, 0) is 40.0 Å². The van der Waals surface area contributed by atoms with Gasteiger partial charge in [0.05, 0.1) is 12.0 Å². The van der Waals surface area contributed by atoms with E-state index >= 15 is 0 Å². The molecule has 2 aliphatic rings. The minimum atomic E-state index is -0.981. The van der Waals surface area contributed by atoms with Crippen LogP contribution in [0.25, 0.3) is 0 Å². The molecule has 0 radical (unpaired) electrons. The fraction of sp³-hybridized carbons (Fsp3) is 0.500. The predicted molar refractivity (Wildman–Crippen MR) is 141 cm³/mol. The third-order valence-electron chi connectivity index (χ3n) is 5.57. The number of carbonyl (C=O) groups is 4. The molecule has 1 saturated heterocycles. The van der Waals surface area contributed by atoms with Crippen molar-refractivity contribution in [3.63, 3.8) is 0 Å². The van der Waals surface area contributed by atoms with Gasteiger partial charge in [-0.2, -0.15) is 4.80 Å². The fourth-order valence-corrected chi connectivity index (χ4v) is 5.56. The van der Waals surface area contributed by atoms with E-state index in [9.17, 15) is 19.2 Å². The Morgan fingerprint density at radius 2 is 2.02 bits per heavy atom. The zero-order valence-corrected chi connectivity index (χ0v) is 23.9. The number of oxime groups is 1. The van der Waals surface area contributed by atoms with E-state index in [1.165, 1.54) is 33.9 Å². The lowest BCUT2D eigenvalue weighted by atomic mass is 9.98. The summed E-state index contributed by atoms with van der Waals surface area (Å²) in [6.07, 6.45) is 0. The van der Waals surface area contributed by atoms with Gasteiger partial charge in [-0.1, -0.05) is 5.16 Å². The molecule has 0 saturated carbocycles. The van der Waals surface area contributed by atoms with Crippen molar-refractivity contribution in [3.8, 4) is 0 Å². The van der Waals surface area contributed by atoms with Crippen molar-refractivity contribution >= 4 is 57.7 Å². The van der Waals surface area contributed by atoms with Crippen molar-refractivity contribution in [1.29, 1.82) is 0 Å². The van der Waals surface area contributed by atoms with Gasteiger partial charge < -0.3 is 25.4 Å². The minimum Gasteiger partial charge on any atom is -0.427 e. The van der Waals surface area contributed by atoms with Crippen LogP contribution >= 0.6 is 23.1 Å². The Bertz CT molecular complexity index is 1390. The Balaban J connectivity index is 1.53. The number of nitrogens with one attached hydrogen (secondary N) is 1. The number of thioether (sulfide) groups is 1. The number of ether oxygens (including phenoxy) is 2. The standard InChI is InChI=1S/C22H27N9O7S2/c1-10-26-29-30(27-10)6-11-7-39-18-14(25-16(32)13(28-36-5)12-8-40-21(23)24-12)17(33)31(18)15(11)19(34)37-9-38-20(35)22(2,3)4/h8,14,18H,6-7,9H2,1-5H3,(H2,23,24)(H,25,32)/b28-13+. The molecule has 4 heterocycles. The van der Waals surface area contributed by atoms with Gasteiger partial charge in [0, 0.05) is 11.1 Å². The Kier molecular flexibility index (Phi) is 8.38. The van der Waals surface area contributed by atoms with Crippen molar-refractivity contribution in [2.75, 3.05) is 25.4 Å². The summed E-state index contributed by atoms with van der Waals surface area (Å²) in [6, 6.07) is -0.981. The number of rotatable bonds is 9. The molecular weight excluding hydrogens is 566 g/mol. The average Bonchev–Trinajstić information content (AvgIpc) is 3.51. The van der Waals surface area contributed by atoms with E-state index in [0.717, 1.165) is 11.3 Å². The number of esters is 2. The molecule has 2 aromatic rings. The van der Waals surface area contributed by atoms with Crippen LogP contribution in [0.2, 0.25) is 0 Å². The molecule has 3 N–H and O–H groups in total. The number of β-lactam (4-membered cyclic amide) rings is 1. The van der Waals surface area contributed by atoms with Crippen molar-refractivity contribution in [2.45, 2.75) is 45.7 Å². The SMILES string of the molecule is CO/N=C(/C(=O)NC1C(=O)N2C(C(=O)OCOC(=O)C(C)(C)C)=C(Cn3nnc(C)n3)CSC12)c1csc(N)n1. The van der Waals surface area contributed by atoms with Gasteiger partial charge >= 0.3 is 11.9 Å². The third-order valence-corrected chi connectivity index (χ3v) is 7.58. The number of aryl methyl sites for hydroxylation is 1. The fourth-order valence-electron chi connectivity index (χ4n) is 3.68. The lowest BCUT2D eigenvalue weighted by Gasteiger charge is -2.49. The highest BCUT2D eigenvalue weighted by Crippen LogP contribution is 2.41. The van der Waals surface area contributed by atoms with Gasteiger partial charge in [-0.3, -0.25) is 19.3 Å². The van der Waals surface area contributed by atoms with Crippen molar-refractivity contribution in [2.24, 2.45) is 10.6 Å². The second-order valence-electron chi connectivity index (χ2n) is 9.61. The number of nitrogens with two attached hydrogens (primary N) is 1. The van der Waals surface area contributed by atoms with Crippen LogP contribution < -0.4 is 11.1 Å². The molecule has 40 heavy (non-hydrogen) atoms. The molecule has 16 nitrogen and oxygen atoms in total. The molecule has 0 aliphatic carbocycles. The first-order valence-corrected chi connectivity index (χ1v) is 13.7. The monoisotopic (exact) mass is 593 g/mol. The highest BCUT2D eigenvalue weighted by molar-refractivity contribution is 8.00. The maximum Gasteiger partial charge on any atom is 0.358 e. The number of aromatic nitrogens is 5. The summed E-state index contributed by atoms with van der Waals surface area (Å²) in [7, 11) is 1.27. The molecule has 1 fully saturated rings. The molecule has 4 rings (SSSR count). The smallest absolute Gasteiger partial charge is 0.358 e. The average molecular weight is 594 g/mol. The Morgan fingerprint density at radius 3 is 2.62 bits per heavy atom. The molecule has 0 spiro atoms. The van der Waals surface area contributed by atoms with Gasteiger partial charge in [-0.05, 0) is 38.5 Å². The molecule has 2 unspecified atom stereocenters. The van der Waals surface area contributed by atoms with E-state index in [0.29, 0.717) is 11.4 Å². The summed E-state index contributed by atoms with van der Waals surface area (Å²) in [5.41, 5.74) is 5.35. The molecule has 2 atom stereocenters. The van der Waals surface area contributed by atoms with Crippen molar-refractivity contribution in [3.05, 3.63) is 28.2 Å². The summed E-state index contributed by atoms with van der Waals surface area (Å²) in [4.78, 5) is 62.9. The predicted octanol–water partition coefficient (Wildman–Crippen LogP) is -0.185. The van der Waals surface area contributed by atoms with Crippen LogP contribution in [0.1, 0.15) is 32.3 Å². The second kappa shape index (κ2) is 11.6. The number of hydrogen-bond acceptors (Lipinski definition) is 15. The van der Waals surface area contributed by atoms with Crippen LogP contribution in [0.4, 0.5) is 5.13 Å². The van der Waals surface area contributed by atoms with E-state index in [4.69, 9.17) is 20.0 Å². The topological polar surface area (TPSA) is 206 Å². The first-order chi connectivity index (χ1) is 18.9. The summed E-state index contributed by atoms with van der Waals surface area (Å²) in [5.74, 6) is -1.99. The number of amides is 2. The Hall–Kier alpha value is -4.06. The maximum atomic E-state index is 13.3. The van der Waals surface area contributed by atoms with E-state index in [-0.39, 0.29) is 34.5 Å². The number of nitrogens with zero attached hydrogens (tertiary/aromatic N) is 7. The number of anilines is 1. The quantitative estimate of drug-likeness (QED) is 0.127. The third kappa shape index (κ3) is 6.06. The number of thiazole rings is 1. The lowest BCUT2D eigenvalue weighted by molar-refractivity contribution is -0.173. The first kappa shape index (κ1) is 28.9. The first-order valence-electron chi connectivity index (χ1n) is 11.8. The molecule has 18 heteroatoms. The summed E-state index contributed by atoms with van der Waals surface area (Å²) >= 11 is 2.44. The van der Waals surface area contributed by atoms with Crippen molar-refractivity contribution in [1.82, 2.24) is 35.4 Å². The highest BCUT2D eigenvalue weighted by atomic mass is 32.2. The molecule has 2 aliphatic heterocycles.